The fourth-order valence-corrected chi connectivity index (χ4v) is 4.39. The Morgan fingerprint density at radius 3 is 1.91 bits per heavy atom. The number of hydrogen-bond acceptors (Lipinski definition) is 3. The molecule has 4 rings (SSSR count). The van der Waals surface area contributed by atoms with Crippen LogP contribution in [0.3, 0.4) is 0 Å². The molecule has 0 aliphatic heterocycles. The number of amides is 1. The summed E-state index contributed by atoms with van der Waals surface area (Å²) in [5.41, 5.74) is 8.49. The smallest absolute Gasteiger partial charge is 0.217 e. The Balaban J connectivity index is 1.63. The van der Waals surface area contributed by atoms with Crippen molar-refractivity contribution in [3.63, 3.8) is 0 Å². The van der Waals surface area contributed by atoms with Crippen molar-refractivity contribution in [2.45, 2.75) is 20.0 Å². The number of nitrogens with one attached hydrogen (secondary N) is 2. The number of rotatable bonds is 8. The molecule has 0 atom stereocenters. The van der Waals surface area contributed by atoms with E-state index in [-0.39, 0.29) is 12.5 Å². The van der Waals surface area contributed by atoms with Gasteiger partial charge in [0.25, 0.3) is 0 Å². The lowest BCUT2D eigenvalue weighted by atomic mass is 9.92. The molecular weight excluding hydrogens is 456 g/mol. The van der Waals surface area contributed by atoms with Crippen LogP contribution in [0.1, 0.15) is 18.1 Å². The van der Waals surface area contributed by atoms with Gasteiger partial charge >= 0.3 is 0 Å². The van der Waals surface area contributed by atoms with Gasteiger partial charge in [0.1, 0.15) is 0 Å². The van der Waals surface area contributed by atoms with Crippen LogP contribution in [0.2, 0.25) is 0 Å². The summed E-state index contributed by atoms with van der Waals surface area (Å²) in [6.45, 7) is 2.28. The second-order valence-electron chi connectivity index (χ2n) is 8.53. The first-order valence-electron chi connectivity index (χ1n) is 11.4. The van der Waals surface area contributed by atoms with Crippen molar-refractivity contribution in [2.24, 2.45) is 0 Å². The Morgan fingerprint density at radius 1 is 0.657 bits per heavy atom. The zero-order valence-corrected chi connectivity index (χ0v) is 20.6. The lowest BCUT2D eigenvalue weighted by molar-refractivity contribution is -0.119. The van der Waals surface area contributed by atoms with Gasteiger partial charge in [-0.05, 0) is 56.6 Å². The second kappa shape index (κ2) is 10.7. The summed E-state index contributed by atoms with van der Waals surface area (Å²) >= 11 is 0. The monoisotopic (exact) mass is 484 g/mol. The van der Waals surface area contributed by atoms with E-state index in [0.29, 0.717) is 6.54 Å². The molecule has 1 amide bonds. The Bertz CT molecular complexity index is 1450. The minimum Gasteiger partial charge on any atom is -0.352 e. The van der Waals surface area contributed by atoms with Gasteiger partial charge in [0.15, 0.2) is 0 Å². The quantitative estimate of drug-likeness (QED) is 0.353. The standard InChI is InChI=1S/C29H28N2O3S/c1-21(32)30-19-22-13-15-24(16-14-22)28-11-3-4-12-29(28)27-10-6-9-26(18-27)25-8-5-7-23(17-25)20-31-35(2,33)34/h3-18,31H,19-20H2,1-2H3,(H,30,32). The molecule has 0 saturated heterocycles. The molecule has 4 aromatic rings. The van der Waals surface area contributed by atoms with Crippen LogP contribution < -0.4 is 10.0 Å². The molecule has 178 valence electrons. The summed E-state index contributed by atoms with van der Waals surface area (Å²) in [6.07, 6.45) is 1.16. The van der Waals surface area contributed by atoms with Crippen LogP contribution >= 0.6 is 0 Å². The predicted octanol–water partition coefficient (Wildman–Crippen LogP) is 5.37. The van der Waals surface area contributed by atoms with Crippen LogP contribution in [0.5, 0.6) is 0 Å². The number of sulfonamides is 1. The van der Waals surface area contributed by atoms with Gasteiger partial charge in [-0.1, -0.05) is 84.9 Å². The van der Waals surface area contributed by atoms with Crippen LogP contribution in [0, 0.1) is 0 Å². The van der Waals surface area contributed by atoms with Crippen molar-refractivity contribution in [2.75, 3.05) is 6.26 Å². The molecule has 2 N–H and O–H groups in total. The van der Waals surface area contributed by atoms with E-state index in [9.17, 15) is 13.2 Å². The Morgan fingerprint density at radius 2 is 1.26 bits per heavy atom. The van der Waals surface area contributed by atoms with E-state index in [1.807, 2.05) is 54.6 Å². The highest BCUT2D eigenvalue weighted by molar-refractivity contribution is 7.88. The van der Waals surface area contributed by atoms with Crippen molar-refractivity contribution in [1.29, 1.82) is 0 Å². The minimum absolute atomic E-state index is 0.0449. The average Bonchev–Trinajstić information content (AvgIpc) is 2.86. The molecule has 0 aliphatic rings. The van der Waals surface area contributed by atoms with Crippen molar-refractivity contribution >= 4 is 15.9 Å². The highest BCUT2D eigenvalue weighted by Gasteiger charge is 2.09. The fraction of sp³-hybridized carbons (Fsp3) is 0.138. The van der Waals surface area contributed by atoms with E-state index >= 15 is 0 Å². The lowest BCUT2D eigenvalue weighted by Gasteiger charge is -2.13. The molecular formula is C29H28N2O3S. The topological polar surface area (TPSA) is 75.3 Å². The van der Waals surface area contributed by atoms with Crippen LogP contribution in [0.25, 0.3) is 33.4 Å². The molecule has 0 unspecified atom stereocenters. The summed E-state index contributed by atoms with van der Waals surface area (Å²) in [4.78, 5) is 11.2. The van der Waals surface area contributed by atoms with Gasteiger partial charge in [0.05, 0.1) is 6.26 Å². The molecule has 4 aromatic carbocycles. The largest absolute Gasteiger partial charge is 0.352 e. The van der Waals surface area contributed by atoms with Crippen molar-refractivity contribution in [1.82, 2.24) is 10.0 Å². The van der Waals surface area contributed by atoms with Crippen molar-refractivity contribution in [3.8, 4) is 33.4 Å². The predicted molar refractivity (Wildman–Crippen MR) is 142 cm³/mol. The maximum absolute atomic E-state index is 11.5. The number of carbonyl (C=O) groups is 1. The second-order valence-corrected chi connectivity index (χ2v) is 10.4. The molecule has 0 aromatic heterocycles. The first-order chi connectivity index (χ1) is 16.8. The zero-order chi connectivity index (χ0) is 24.8. The molecule has 5 nitrogen and oxygen atoms in total. The van der Waals surface area contributed by atoms with E-state index in [0.717, 1.165) is 50.8 Å². The SMILES string of the molecule is CC(=O)NCc1ccc(-c2ccccc2-c2cccc(-c3cccc(CNS(C)(=O)=O)c3)c2)cc1. The van der Waals surface area contributed by atoms with Gasteiger partial charge in [0.2, 0.25) is 15.9 Å². The molecule has 0 aliphatic carbocycles. The van der Waals surface area contributed by atoms with Gasteiger partial charge in [-0.3, -0.25) is 4.79 Å². The van der Waals surface area contributed by atoms with E-state index in [1.54, 1.807) is 0 Å². The van der Waals surface area contributed by atoms with Crippen molar-refractivity contribution in [3.05, 3.63) is 108 Å². The van der Waals surface area contributed by atoms with Crippen molar-refractivity contribution < 1.29 is 13.2 Å². The molecule has 6 heteroatoms. The van der Waals surface area contributed by atoms with E-state index in [4.69, 9.17) is 0 Å². The van der Waals surface area contributed by atoms with E-state index in [1.165, 1.54) is 6.92 Å². The van der Waals surface area contributed by atoms with Gasteiger partial charge in [-0.2, -0.15) is 0 Å². The van der Waals surface area contributed by atoms with Gasteiger partial charge in [0, 0.05) is 20.0 Å². The Hall–Kier alpha value is -3.74. The van der Waals surface area contributed by atoms with E-state index in [2.05, 4.69) is 52.5 Å². The maximum Gasteiger partial charge on any atom is 0.217 e. The van der Waals surface area contributed by atoms with Crippen LogP contribution in [0.15, 0.2) is 97.1 Å². The summed E-state index contributed by atoms with van der Waals surface area (Å²) in [6, 6.07) is 32.8. The Kier molecular flexibility index (Phi) is 7.44. The fourth-order valence-electron chi connectivity index (χ4n) is 3.96. The van der Waals surface area contributed by atoms with Gasteiger partial charge < -0.3 is 5.32 Å². The van der Waals surface area contributed by atoms with Crippen LogP contribution in [-0.2, 0) is 27.9 Å². The highest BCUT2D eigenvalue weighted by atomic mass is 32.2. The highest BCUT2D eigenvalue weighted by Crippen LogP contribution is 2.34. The van der Waals surface area contributed by atoms with E-state index < -0.39 is 10.0 Å². The van der Waals surface area contributed by atoms with Gasteiger partial charge in [-0.15, -0.1) is 0 Å². The molecule has 0 bridgehead atoms. The average molecular weight is 485 g/mol. The van der Waals surface area contributed by atoms with Crippen LogP contribution in [0.4, 0.5) is 0 Å². The number of carbonyl (C=O) groups excluding carboxylic acids is 1. The molecule has 0 radical (unpaired) electrons. The Labute approximate surface area is 206 Å². The first-order valence-corrected chi connectivity index (χ1v) is 13.2. The molecule has 0 saturated carbocycles. The molecule has 0 fully saturated rings. The number of benzene rings is 4. The summed E-state index contributed by atoms with van der Waals surface area (Å²) in [5.74, 6) is -0.0449. The third-order valence-corrected chi connectivity index (χ3v) is 6.37. The zero-order valence-electron chi connectivity index (χ0n) is 19.8. The summed E-state index contributed by atoms with van der Waals surface area (Å²) in [5, 5.41) is 2.83. The third kappa shape index (κ3) is 6.66. The first kappa shape index (κ1) is 24.4. The third-order valence-electron chi connectivity index (χ3n) is 5.71. The molecule has 35 heavy (non-hydrogen) atoms. The number of hydrogen-bond donors (Lipinski definition) is 2. The summed E-state index contributed by atoms with van der Waals surface area (Å²) < 4.78 is 25.5. The normalized spacial score (nSPS) is 11.3. The summed E-state index contributed by atoms with van der Waals surface area (Å²) in [7, 11) is -3.25. The van der Waals surface area contributed by atoms with Gasteiger partial charge in [-0.25, -0.2) is 13.1 Å². The molecule has 0 spiro atoms. The lowest BCUT2D eigenvalue weighted by Crippen LogP contribution is -2.21. The maximum atomic E-state index is 11.5. The van der Waals surface area contributed by atoms with Crippen LogP contribution in [-0.4, -0.2) is 20.6 Å². The molecule has 0 heterocycles. The minimum atomic E-state index is -3.25.